The molecule has 0 aliphatic heterocycles. The highest BCUT2D eigenvalue weighted by Crippen LogP contribution is 2.28. The highest BCUT2D eigenvalue weighted by atomic mass is 35.5. The number of benzene rings is 2. The predicted octanol–water partition coefficient (Wildman–Crippen LogP) is 6.28. The van der Waals surface area contributed by atoms with Crippen LogP contribution in [0.25, 0.3) is 0 Å². The van der Waals surface area contributed by atoms with E-state index in [1.54, 1.807) is 30.3 Å². The normalized spacial score (nSPS) is 11.1. The fraction of sp³-hybridized carbons (Fsp3) is 0.0526. The molecule has 0 radical (unpaired) electrons. The maximum Gasteiger partial charge on any atom is 0.573 e. The van der Waals surface area contributed by atoms with Crippen molar-refractivity contribution in [3.05, 3.63) is 76.4 Å². The lowest BCUT2D eigenvalue weighted by molar-refractivity contribution is -0.274. The van der Waals surface area contributed by atoms with Crippen molar-refractivity contribution in [3.63, 3.8) is 0 Å². The number of hydrogen-bond acceptors (Lipinski definition) is 4. The molecule has 0 fully saturated rings. The SMILES string of the molecule is O=C(Nc1ccc(OC(F)(F)F)cc1)c1cccnc1Nc1ccc(Cl)c(Cl)c1. The van der Waals surface area contributed by atoms with E-state index in [4.69, 9.17) is 23.2 Å². The van der Waals surface area contributed by atoms with Gasteiger partial charge in [0.15, 0.2) is 0 Å². The minimum Gasteiger partial charge on any atom is -0.406 e. The summed E-state index contributed by atoms with van der Waals surface area (Å²) in [5, 5.41) is 6.29. The molecule has 0 spiro atoms. The second kappa shape index (κ2) is 8.59. The van der Waals surface area contributed by atoms with E-state index in [0.717, 1.165) is 12.1 Å². The van der Waals surface area contributed by atoms with E-state index in [0.29, 0.717) is 15.7 Å². The van der Waals surface area contributed by atoms with Crippen LogP contribution in [0.3, 0.4) is 0 Å². The smallest absolute Gasteiger partial charge is 0.406 e. The van der Waals surface area contributed by atoms with Crippen molar-refractivity contribution in [2.24, 2.45) is 0 Å². The Bertz CT molecular complexity index is 1030. The lowest BCUT2D eigenvalue weighted by Crippen LogP contribution is -2.17. The standard InChI is InChI=1S/C19H12Cl2F3N3O2/c20-15-8-5-12(10-16(15)21)26-17-14(2-1-9-25-17)18(28)27-11-3-6-13(7-4-11)29-19(22,23)24/h1-10H,(H,25,26)(H,27,28). The molecule has 0 saturated heterocycles. The number of halogens is 5. The van der Waals surface area contributed by atoms with Crippen LogP contribution in [0.15, 0.2) is 60.8 Å². The molecule has 0 bridgehead atoms. The molecule has 2 N–H and O–H groups in total. The van der Waals surface area contributed by atoms with Gasteiger partial charge in [-0.05, 0) is 54.6 Å². The van der Waals surface area contributed by atoms with Gasteiger partial charge in [0.1, 0.15) is 11.6 Å². The number of nitrogens with one attached hydrogen (secondary N) is 2. The van der Waals surface area contributed by atoms with Gasteiger partial charge in [-0.15, -0.1) is 13.2 Å². The van der Waals surface area contributed by atoms with Crippen molar-refractivity contribution >= 4 is 46.3 Å². The van der Waals surface area contributed by atoms with Crippen LogP contribution < -0.4 is 15.4 Å². The lowest BCUT2D eigenvalue weighted by atomic mass is 10.2. The van der Waals surface area contributed by atoms with Crippen LogP contribution in [0, 0.1) is 0 Å². The zero-order chi connectivity index (χ0) is 21.0. The summed E-state index contributed by atoms with van der Waals surface area (Å²) in [7, 11) is 0. The second-order valence-electron chi connectivity index (χ2n) is 5.68. The Balaban J connectivity index is 1.75. The molecule has 3 rings (SSSR count). The van der Waals surface area contributed by atoms with E-state index in [-0.39, 0.29) is 22.8 Å². The van der Waals surface area contributed by atoms with E-state index in [9.17, 15) is 18.0 Å². The van der Waals surface area contributed by atoms with E-state index < -0.39 is 12.3 Å². The van der Waals surface area contributed by atoms with Crippen LogP contribution in [0.1, 0.15) is 10.4 Å². The van der Waals surface area contributed by atoms with Gasteiger partial charge in [0.05, 0.1) is 15.6 Å². The first-order chi connectivity index (χ1) is 13.7. The molecule has 0 atom stereocenters. The summed E-state index contributed by atoms with van der Waals surface area (Å²) < 4.78 is 40.5. The molecule has 1 amide bonds. The average Bonchev–Trinajstić information content (AvgIpc) is 2.65. The number of carbonyl (C=O) groups is 1. The Morgan fingerprint density at radius 1 is 0.966 bits per heavy atom. The Morgan fingerprint density at radius 2 is 1.66 bits per heavy atom. The summed E-state index contributed by atoms with van der Waals surface area (Å²) in [5.41, 5.74) is 1.07. The third-order valence-corrected chi connectivity index (χ3v) is 4.32. The molecule has 1 aromatic heterocycles. The van der Waals surface area contributed by atoms with Gasteiger partial charge in [-0.25, -0.2) is 4.98 Å². The molecule has 150 valence electrons. The van der Waals surface area contributed by atoms with Gasteiger partial charge in [0.2, 0.25) is 0 Å². The molecule has 1 heterocycles. The van der Waals surface area contributed by atoms with Gasteiger partial charge >= 0.3 is 6.36 Å². The van der Waals surface area contributed by atoms with Crippen LogP contribution in [-0.2, 0) is 0 Å². The van der Waals surface area contributed by atoms with Gasteiger partial charge in [-0.3, -0.25) is 4.79 Å². The zero-order valence-electron chi connectivity index (χ0n) is 14.4. The number of ether oxygens (including phenoxy) is 1. The fourth-order valence-corrected chi connectivity index (χ4v) is 2.64. The van der Waals surface area contributed by atoms with Crippen molar-refractivity contribution < 1.29 is 22.7 Å². The molecule has 29 heavy (non-hydrogen) atoms. The number of anilines is 3. The molecule has 10 heteroatoms. The molecule has 3 aromatic rings. The summed E-state index contributed by atoms with van der Waals surface area (Å²) in [6, 6.07) is 12.8. The lowest BCUT2D eigenvalue weighted by Gasteiger charge is -2.12. The first kappa shape index (κ1) is 20.8. The Hall–Kier alpha value is -2.97. The first-order valence-corrected chi connectivity index (χ1v) is 8.81. The number of aromatic nitrogens is 1. The summed E-state index contributed by atoms with van der Waals surface area (Å²) in [6.07, 6.45) is -3.29. The molecule has 0 saturated carbocycles. The van der Waals surface area contributed by atoms with Gasteiger partial charge in [0.25, 0.3) is 5.91 Å². The summed E-state index contributed by atoms with van der Waals surface area (Å²) >= 11 is 11.9. The molecular weight excluding hydrogens is 430 g/mol. The summed E-state index contributed by atoms with van der Waals surface area (Å²) in [4.78, 5) is 16.8. The molecule has 2 aromatic carbocycles. The monoisotopic (exact) mass is 441 g/mol. The summed E-state index contributed by atoms with van der Waals surface area (Å²) in [5.74, 6) is -0.635. The van der Waals surface area contributed by atoms with E-state index in [1.807, 2.05) is 0 Å². The number of hydrogen-bond donors (Lipinski definition) is 2. The zero-order valence-corrected chi connectivity index (χ0v) is 15.9. The number of pyridine rings is 1. The molecular formula is C19H12Cl2F3N3O2. The van der Waals surface area contributed by atoms with Gasteiger partial charge in [-0.1, -0.05) is 23.2 Å². The average molecular weight is 442 g/mol. The van der Waals surface area contributed by atoms with Gasteiger partial charge in [-0.2, -0.15) is 0 Å². The Morgan fingerprint density at radius 3 is 2.31 bits per heavy atom. The van der Waals surface area contributed by atoms with Crippen LogP contribution in [-0.4, -0.2) is 17.3 Å². The van der Waals surface area contributed by atoms with E-state index in [2.05, 4.69) is 20.4 Å². The van der Waals surface area contributed by atoms with Crippen LogP contribution in [0.4, 0.5) is 30.4 Å². The van der Waals surface area contributed by atoms with Crippen LogP contribution >= 0.6 is 23.2 Å². The number of nitrogens with zero attached hydrogens (tertiary/aromatic N) is 1. The number of carbonyl (C=O) groups excluding carboxylic acids is 1. The van der Waals surface area contributed by atoms with Gasteiger partial charge < -0.3 is 15.4 Å². The van der Waals surface area contributed by atoms with Crippen molar-refractivity contribution in [2.75, 3.05) is 10.6 Å². The maximum atomic E-state index is 12.6. The van der Waals surface area contributed by atoms with Crippen LogP contribution in [0.2, 0.25) is 10.0 Å². The first-order valence-electron chi connectivity index (χ1n) is 8.05. The summed E-state index contributed by atoms with van der Waals surface area (Å²) in [6.45, 7) is 0. The number of alkyl halides is 3. The minimum atomic E-state index is -4.79. The largest absolute Gasteiger partial charge is 0.573 e. The van der Waals surface area contributed by atoms with Crippen LogP contribution in [0.5, 0.6) is 5.75 Å². The quantitative estimate of drug-likeness (QED) is 0.488. The predicted molar refractivity (Wildman–Crippen MR) is 105 cm³/mol. The number of rotatable bonds is 5. The van der Waals surface area contributed by atoms with E-state index >= 15 is 0 Å². The third-order valence-electron chi connectivity index (χ3n) is 3.58. The van der Waals surface area contributed by atoms with Crippen molar-refractivity contribution in [2.45, 2.75) is 6.36 Å². The highest BCUT2D eigenvalue weighted by molar-refractivity contribution is 6.42. The molecule has 0 aliphatic rings. The number of amides is 1. The maximum absolute atomic E-state index is 12.6. The fourth-order valence-electron chi connectivity index (χ4n) is 2.34. The minimum absolute atomic E-state index is 0.217. The van der Waals surface area contributed by atoms with Crippen molar-refractivity contribution in [1.82, 2.24) is 4.98 Å². The molecule has 0 unspecified atom stereocenters. The van der Waals surface area contributed by atoms with Crippen molar-refractivity contribution in [3.8, 4) is 5.75 Å². The molecule has 0 aliphatic carbocycles. The Kier molecular flexibility index (Phi) is 6.14. The van der Waals surface area contributed by atoms with Crippen molar-refractivity contribution in [1.29, 1.82) is 0 Å². The molecule has 5 nitrogen and oxygen atoms in total. The topological polar surface area (TPSA) is 63.2 Å². The van der Waals surface area contributed by atoms with E-state index in [1.165, 1.54) is 18.3 Å². The second-order valence-corrected chi connectivity index (χ2v) is 6.49. The highest BCUT2D eigenvalue weighted by Gasteiger charge is 2.31. The third kappa shape index (κ3) is 5.75. The van der Waals surface area contributed by atoms with Gasteiger partial charge in [0, 0.05) is 17.6 Å². The Labute approximate surface area is 173 Å².